The molecule has 0 spiro atoms. The van der Waals surface area contributed by atoms with Gasteiger partial charge in [-0.25, -0.2) is 0 Å². The number of para-hydroxylation sites is 2. The second-order valence-corrected chi connectivity index (χ2v) is 6.20. The van der Waals surface area contributed by atoms with Crippen molar-refractivity contribution in [1.82, 2.24) is 0 Å². The van der Waals surface area contributed by atoms with E-state index in [9.17, 15) is 0 Å². The first-order chi connectivity index (χ1) is 13.5. The molecule has 0 heterocycles. The second kappa shape index (κ2) is 11.7. The zero-order valence-corrected chi connectivity index (χ0v) is 17.7. The maximum Gasteiger partial charge on any atom is 0.180 e. The zero-order chi connectivity index (χ0) is 19.9. The molecule has 3 rings (SSSR count). The van der Waals surface area contributed by atoms with Crippen molar-refractivity contribution in [2.75, 3.05) is 0 Å². The first-order valence-corrected chi connectivity index (χ1v) is 8.75. The predicted molar refractivity (Wildman–Crippen MR) is 124 cm³/mol. The molecule has 6 N–H and O–H groups in total. The highest BCUT2D eigenvalue weighted by Gasteiger charge is 2.20. The number of hydrogen-bond donors (Lipinski definition) is 4. The summed E-state index contributed by atoms with van der Waals surface area (Å²) < 4.78 is 11.7. The van der Waals surface area contributed by atoms with Crippen molar-refractivity contribution in [1.29, 1.82) is 10.8 Å². The molecule has 0 amide bonds. The molecule has 0 aromatic heterocycles. The van der Waals surface area contributed by atoms with E-state index in [-0.39, 0.29) is 36.5 Å². The lowest BCUT2D eigenvalue weighted by Crippen LogP contribution is -2.26. The van der Waals surface area contributed by atoms with Gasteiger partial charge < -0.3 is 20.9 Å². The highest BCUT2D eigenvalue weighted by Crippen LogP contribution is 2.26. The van der Waals surface area contributed by atoms with Crippen LogP contribution in [0.1, 0.15) is 23.3 Å². The van der Waals surface area contributed by atoms with E-state index < -0.39 is 12.2 Å². The summed E-state index contributed by atoms with van der Waals surface area (Å²) in [6.45, 7) is 0. The smallest absolute Gasteiger partial charge is 0.180 e. The van der Waals surface area contributed by atoms with Crippen LogP contribution in [0.4, 0.5) is 0 Å². The largest absolute Gasteiger partial charge is 0.478 e. The van der Waals surface area contributed by atoms with Crippen LogP contribution in [0.15, 0.2) is 84.9 Å². The molecule has 0 fully saturated rings. The quantitative estimate of drug-likeness (QED) is 0.297. The van der Waals surface area contributed by atoms with Crippen LogP contribution >= 0.6 is 24.8 Å². The Morgan fingerprint density at radius 3 is 1.13 bits per heavy atom. The molecular weight excluding hydrogens is 423 g/mol. The van der Waals surface area contributed by atoms with E-state index in [2.05, 4.69) is 0 Å². The van der Waals surface area contributed by atoms with Crippen LogP contribution in [0.2, 0.25) is 0 Å². The Hall–Kier alpha value is -3.22. The molecule has 0 aliphatic carbocycles. The molecule has 0 saturated heterocycles. The third kappa shape index (κ3) is 6.40. The van der Waals surface area contributed by atoms with Gasteiger partial charge in [0.05, 0.1) is 0 Å². The van der Waals surface area contributed by atoms with Crippen molar-refractivity contribution >= 4 is 36.5 Å². The first kappa shape index (κ1) is 24.8. The highest BCUT2D eigenvalue weighted by atomic mass is 35.5. The number of nitrogens with one attached hydrogen (secondary N) is 2. The molecule has 3 aromatic rings. The number of hydrogen-bond acceptors (Lipinski definition) is 4. The molecule has 0 saturated carbocycles. The van der Waals surface area contributed by atoms with Crippen molar-refractivity contribution in [3.8, 4) is 11.5 Å². The monoisotopic (exact) mass is 446 g/mol. The van der Waals surface area contributed by atoms with Crippen LogP contribution in [-0.2, 0) is 0 Å². The molecule has 0 aliphatic rings. The van der Waals surface area contributed by atoms with E-state index in [1.54, 1.807) is 24.3 Å². The van der Waals surface area contributed by atoms with Crippen molar-refractivity contribution < 1.29 is 9.47 Å². The lowest BCUT2D eigenvalue weighted by Gasteiger charge is -2.21. The first-order valence-electron chi connectivity index (χ1n) is 8.75. The van der Waals surface area contributed by atoms with Gasteiger partial charge in [-0.05, 0) is 35.4 Å². The van der Waals surface area contributed by atoms with Crippen LogP contribution in [0, 0.1) is 10.8 Å². The summed E-state index contributed by atoms with van der Waals surface area (Å²) >= 11 is 0. The molecular formula is C22H24Cl2N4O2. The van der Waals surface area contributed by atoms with Gasteiger partial charge in [0.15, 0.2) is 12.2 Å². The van der Waals surface area contributed by atoms with E-state index in [0.717, 1.165) is 11.1 Å². The normalized spacial score (nSPS) is 11.7. The average Bonchev–Trinajstić information content (AvgIpc) is 2.72. The molecule has 0 aliphatic heterocycles. The van der Waals surface area contributed by atoms with E-state index in [0.29, 0.717) is 11.5 Å². The minimum atomic E-state index is -0.706. The summed E-state index contributed by atoms with van der Waals surface area (Å²) in [4.78, 5) is 0. The number of benzene rings is 3. The van der Waals surface area contributed by atoms with Crippen LogP contribution in [0.3, 0.4) is 0 Å². The highest BCUT2D eigenvalue weighted by molar-refractivity contribution is 5.86. The van der Waals surface area contributed by atoms with Gasteiger partial charge in [-0.2, -0.15) is 0 Å². The van der Waals surface area contributed by atoms with Gasteiger partial charge in [-0.3, -0.25) is 10.8 Å². The van der Waals surface area contributed by atoms with E-state index in [1.165, 1.54) is 0 Å². The Morgan fingerprint density at radius 1 is 0.567 bits per heavy atom. The van der Waals surface area contributed by atoms with Crippen molar-refractivity contribution in [3.05, 3.63) is 96.1 Å². The van der Waals surface area contributed by atoms with Crippen molar-refractivity contribution in [3.63, 3.8) is 0 Å². The molecule has 2 atom stereocenters. The number of amidine groups is 2. The lowest BCUT2D eigenvalue weighted by atomic mass is 10.0. The van der Waals surface area contributed by atoms with Gasteiger partial charge in [0, 0.05) is 0 Å². The number of nitrogens with two attached hydrogens (primary N) is 2. The number of rotatable bonds is 8. The van der Waals surface area contributed by atoms with Crippen LogP contribution in [0.25, 0.3) is 0 Å². The molecule has 3 aromatic carbocycles. The Morgan fingerprint density at radius 2 is 0.867 bits per heavy atom. The summed E-state index contributed by atoms with van der Waals surface area (Å²) in [7, 11) is 0. The fourth-order valence-corrected chi connectivity index (χ4v) is 2.74. The zero-order valence-electron chi connectivity index (χ0n) is 16.0. The Labute approximate surface area is 188 Å². The second-order valence-electron chi connectivity index (χ2n) is 6.20. The molecule has 0 bridgehead atoms. The minimum absolute atomic E-state index is 0. The fourth-order valence-electron chi connectivity index (χ4n) is 2.74. The Kier molecular flexibility index (Phi) is 9.68. The van der Waals surface area contributed by atoms with Gasteiger partial charge in [-0.1, -0.05) is 60.7 Å². The summed E-state index contributed by atoms with van der Waals surface area (Å²) in [5.41, 5.74) is 12.9. The van der Waals surface area contributed by atoms with Crippen LogP contribution in [-0.4, -0.2) is 11.7 Å². The van der Waals surface area contributed by atoms with Gasteiger partial charge in [0.25, 0.3) is 0 Å². The number of halogens is 2. The van der Waals surface area contributed by atoms with Crippen LogP contribution < -0.4 is 20.9 Å². The van der Waals surface area contributed by atoms with Gasteiger partial charge in [0.2, 0.25) is 0 Å². The Bertz CT molecular complexity index is 860. The molecule has 30 heavy (non-hydrogen) atoms. The maximum absolute atomic E-state index is 7.87. The van der Waals surface area contributed by atoms with Crippen molar-refractivity contribution in [2.24, 2.45) is 11.5 Å². The standard InChI is InChI=1S/C22H22N4O2.2ClH/c23-21(24)19(27-17-7-3-1-4-8-17)15-11-13-16(14-12-15)20(22(25)26)28-18-9-5-2-6-10-18;;/h1-14,19-20H,(H3,23,24)(H3,25,26);2*1H. The molecule has 8 heteroatoms. The minimum Gasteiger partial charge on any atom is -0.478 e. The van der Waals surface area contributed by atoms with E-state index in [1.807, 2.05) is 60.7 Å². The summed E-state index contributed by atoms with van der Waals surface area (Å²) in [5.74, 6) is 1.06. The van der Waals surface area contributed by atoms with Crippen LogP contribution in [0.5, 0.6) is 11.5 Å². The van der Waals surface area contributed by atoms with Gasteiger partial charge >= 0.3 is 0 Å². The van der Waals surface area contributed by atoms with Gasteiger partial charge in [0.1, 0.15) is 23.2 Å². The predicted octanol–water partition coefficient (Wildman–Crippen LogP) is 4.64. The summed E-state index contributed by atoms with van der Waals surface area (Å²) in [6.07, 6.45) is -1.41. The Balaban J connectivity index is 0.00000225. The lowest BCUT2D eigenvalue weighted by molar-refractivity contribution is 0.267. The molecule has 6 nitrogen and oxygen atoms in total. The third-order valence-electron chi connectivity index (χ3n) is 4.10. The SMILES string of the molecule is Cl.Cl.N=C(N)C(Oc1ccccc1)c1ccc(C(Oc2ccccc2)C(=N)N)cc1. The summed E-state index contributed by atoms with van der Waals surface area (Å²) in [6, 6.07) is 25.6. The third-order valence-corrected chi connectivity index (χ3v) is 4.10. The summed E-state index contributed by atoms with van der Waals surface area (Å²) in [5, 5.41) is 15.7. The molecule has 0 radical (unpaired) electrons. The number of ether oxygens (including phenoxy) is 2. The molecule has 158 valence electrons. The maximum atomic E-state index is 7.87. The fraction of sp³-hybridized carbons (Fsp3) is 0.0909. The molecule has 2 unspecified atom stereocenters. The van der Waals surface area contributed by atoms with E-state index in [4.69, 9.17) is 31.8 Å². The van der Waals surface area contributed by atoms with Crippen molar-refractivity contribution in [2.45, 2.75) is 12.2 Å². The topological polar surface area (TPSA) is 118 Å². The van der Waals surface area contributed by atoms with Gasteiger partial charge in [-0.15, -0.1) is 24.8 Å². The van der Waals surface area contributed by atoms with E-state index >= 15 is 0 Å². The average molecular weight is 447 g/mol.